The molecule has 288 valence electrons. The predicted octanol–water partition coefficient (Wildman–Crippen LogP) is 14.7. The third-order valence-corrected chi connectivity index (χ3v) is 13.3. The second-order valence-corrected chi connectivity index (χ2v) is 16.5. The van der Waals surface area contributed by atoms with Crippen LogP contribution in [0, 0.1) is 0 Å². The van der Waals surface area contributed by atoms with Gasteiger partial charge in [-0.25, -0.2) is 4.98 Å². The van der Waals surface area contributed by atoms with E-state index >= 15 is 0 Å². The van der Waals surface area contributed by atoms with E-state index in [0.29, 0.717) is 0 Å². The van der Waals surface area contributed by atoms with E-state index in [1.54, 1.807) is 0 Å². The Morgan fingerprint density at radius 3 is 1.45 bits per heavy atom. The quantitative estimate of drug-likeness (QED) is 0.163. The van der Waals surface area contributed by atoms with Crippen molar-refractivity contribution in [2.75, 3.05) is 0 Å². The van der Waals surface area contributed by atoms with Crippen molar-refractivity contribution in [2.24, 2.45) is 0 Å². The molecule has 3 nitrogen and oxygen atoms in total. The van der Waals surface area contributed by atoms with Crippen molar-refractivity contribution in [3.63, 3.8) is 0 Å². The van der Waals surface area contributed by atoms with Crippen molar-refractivity contribution in [1.29, 1.82) is 0 Å². The second kappa shape index (κ2) is 13.4. The van der Waals surface area contributed by atoms with Gasteiger partial charge in [-0.1, -0.05) is 182 Å². The monoisotopic (exact) mass is 787 g/mol. The fourth-order valence-corrected chi connectivity index (χ4v) is 10.6. The summed E-state index contributed by atoms with van der Waals surface area (Å²) in [6, 6.07) is 79.7. The van der Waals surface area contributed by atoms with Crippen LogP contribution in [-0.4, -0.2) is 14.5 Å². The topological polar surface area (TPSA) is 30.7 Å². The van der Waals surface area contributed by atoms with E-state index < -0.39 is 5.41 Å². The summed E-state index contributed by atoms with van der Waals surface area (Å²) in [6.07, 6.45) is 1.96. The molecule has 2 heterocycles. The maximum Gasteiger partial charge on any atom is 0.0979 e. The fourth-order valence-electron chi connectivity index (χ4n) is 10.6. The van der Waals surface area contributed by atoms with Crippen LogP contribution < -0.4 is 0 Å². The van der Waals surface area contributed by atoms with Gasteiger partial charge in [-0.15, -0.1) is 0 Å². The minimum atomic E-state index is -0.600. The van der Waals surface area contributed by atoms with Gasteiger partial charge in [0.1, 0.15) is 0 Å². The molecule has 0 bridgehead atoms. The third kappa shape index (κ3) is 4.94. The summed E-state index contributed by atoms with van der Waals surface area (Å²) < 4.78 is 2.40. The van der Waals surface area contributed by atoms with Crippen molar-refractivity contribution < 1.29 is 0 Å². The van der Waals surface area contributed by atoms with Crippen molar-refractivity contribution in [3.05, 3.63) is 247 Å². The van der Waals surface area contributed by atoms with Gasteiger partial charge in [0.15, 0.2) is 0 Å². The van der Waals surface area contributed by atoms with Gasteiger partial charge in [-0.2, -0.15) is 0 Å². The molecule has 1 aliphatic carbocycles. The van der Waals surface area contributed by atoms with Crippen LogP contribution in [0.2, 0.25) is 0 Å². The molecule has 3 heteroatoms. The Morgan fingerprint density at radius 1 is 0.355 bits per heavy atom. The molecule has 0 aliphatic heterocycles. The molecular weight excluding hydrogens is 751 g/mol. The van der Waals surface area contributed by atoms with Crippen LogP contribution in [0.15, 0.2) is 225 Å². The Kier molecular flexibility index (Phi) is 7.52. The van der Waals surface area contributed by atoms with Crippen molar-refractivity contribution in [1.82, 2.24) is 14.5 Å². The molecule has 0 saturated heterocycles. The van der Waals surface area contributed by atoms with E-state index in [4.69, 9.17) is 9.97 Å². The van der Waals surface area contributed by atoms with E-state index in [1.165, 1.54) is 77.1 Å². The number of hydrogen-bond donors (Lipinski definition) is 0. The molecular formula is C59H37N3. The standard InChI is InChI=1S/C59H37N3/c1-3-17-41(18-4-1)59(42-19-5-2-6-20-42)52-35-39(38-16-15-21-43(34-38)62-55-28-13-11-24-48(55)49-25-12-14-29-56(49)62)30-32-46(52)47-33-31-40(36-53(47)59)54-37-60-57-50-26-9-7-22-44(50)45-23-8-10-27-51(45)58(57)61-54/h1-37H. The Balaban J connectivity index is 1.03. The summed E-state index contributed by atoms with van der Waals surface area (Å²) in [5.74, 6) is 0. The van der Waals surface area contributed by atoms with Crippen molar-refractivity contribution in [3.8, 4) is 39.2 Å². The van der Waals surface area contributed by atoms with E-state index in [9.17, 15) is 0 Å². The summed E-state index contributed by atoms with van der Waals surface area (Å²) in [5.41, 5.74) is 16.5. The molecule has 0 radical (unpaired) electrons. The lowest BCUT2D eigenvalue weighted by molar-refractivity contribution is 0.769. The molecule has 13 rings (SSSR count). The molecule has 0 unspecified atom stereocenters. The highest BCUT2D eigenvalue weighted by Crippen LogP contribution is 2.57. The van der Waals surface area contributed by atoms with Crippen LogP contribution in [0.5, 0.6) is 0 Å². The number of para-hydroxylation sites is 2. The third-order valence-electron chi connectivity index (χ3n) is 13.3. The zero-order chi connectivity index (χ0) is 40.8. The molecule has 0 N–H and O–H groups in total. The van der Waals surface area contributed by atoms with Gasteiger partial charge in [0, 0.05) is 32.8 Å². The first-order chi connectivity index (χ1) is 30.8. The maximum atomic E-state index is 5.45. The Morgan fingerprint density at radius 2 is 0.839 bits per heavy atom. The van der Waals surface area contributed by atoms with E-state index in [1.807, 2.05) is 6.20 Å². The first-order valence-corrected chi connectivity index (χ1v) is 21.3. The number of rotatable bonds is 5. The zero-order valence-electron chi connectivity index (χ0n) is 33.7. The van der Waals surface area contributed by atoms with Gasteiger partial charge < -0.3 is 4.57 Å². The van der Waals surface area contributed by atoms with Gasteiger partial charge in [-0.3, -0.25) is 4.98 Å². The largest absolute Gasteiger partial charge is 0.309 e. The predicted molar refractivity (Wildman–Crippen MR) is 257 cm³/mol. The van der Waals surface area contributed by atoms with Crippen LogP contribution >= 0.6 is 0 Å². The van der Waals surface area contributed by atoms with Gasteiger partial charge in [0.2, 0.25) is 0 Å². The lowest BCUT2D eigenvalue weighted by atomic mass is 9.67. The minimum Gasteiger partial charge on any atom is -0.309 e. The number of nitrogens with zero attached hydrogens (tertiary/aromatic N) is 3. The van der Waals surface area contributed by atoms with Crippen LogP contribution in [0.25, 0.3) is 93.6 Å². The SMILES string of the molecule is c1ccc(C2(c3ccccc3)c3cc(-c4cccc(-n5c6ccccc6c6ccccc65)c4)ccc3-c3ccc(-c4cnc5c6ccccc6c6ccccc6c5n4)cc32)cc1. The molecule has 0 amide bonds. The summed E-state index contributed by atoms with van der Waals surface area (Å²) in [6.45, 7) is 0. The van der Waals surface area contributed by atoms with Crippen molar-refractivity contribution in [2.45, 2.75) is 5.41 Å². The number of fused-ring (bicyclic) bond motifs is 12. The Bertz CT molecular complexity index is 3620. The average Bonchev–Trinajstić information content (AvgIpc) is 3.85. The van der Waals surface area contributed by atoms with Crippen LogP contribution in [0.4, 0.5) is 0 Å². The Hall–Kier alpha value is -8.14. The van der Waals surface area contributed by atoms with E-state index in [2.05, 4.69) is 223 Å². The first-order valence-electron chi connectivity index (χ1n) is 21.3. The highest BCUT2D eigenvalue weighted by Gasteiger charge is 2.46. The number of benzene rings is 10. The fraction of sp³-hybridized carbons (Fsp3) is 0.0169. The molecule has 1 aliphatic rings. The number of aromatic nitrogens is 3. The molecule has 62 heavy (non-hydrogen) atoms. The van der Waals surface area contributed by atoms with Gasteiger partial charge in [0.25, 0.3) is 0 Å². The second-order valence-electron chi connectivity index (χ2n) is 16.5. The zero-order valence-corrected chi connectivity index (χ0v) is 33.7. The van der Waals surface area contributed by atoms with Gasteiger partial charge in [0.05, 0.1) is 39.4 Å². The number of hydrogen-bond acceptors (Lipinski definition) is 2. The highest BCUT2D eigenvalue weighted by molar-refractivity contribution is 6.23. The lowest BCUT2D eigenvalue weighted by Gasteiger charge is -2.34. The molecule has 12 aromatic rings. The summed E-state index contributed by atoms with van der Waals surface area (Å²) >= 11 is 0. The van der Waals surface area contributed by atoms with Crippen LogP contribution in [-0.2, 0) is 5.41 Å². The molecule has 2 aromatic heterocycles. The first kappa shape index (κ1) is 34.7. The summed E-state index contributed by atoms with van der Waals surface area (Å²) in [5, 5.41) is 7.14. The van der Waals surface area contributed by atoms with E-state index in [0.717, 1.165) is 38.8 Å². The lowest BCUT2D eigenvalue weighted by Crippen LogP contribution is -2.28. The van der Waals surface area contributed by atoms with E-state index in [-0.39, 0.29) is 0 Å². The molecule has 0 atom stereocenters. The molecule has 0 saturated carbocycles. The summed E-state index contributed by atoms with van der Waals surface area (Å²) in [4.78, 5) is 10.6. The Labute approximate surface area is 358 Å². The van der Waals surface area contributed by atoms with Crippen molar-refractivity contribution >= 4 is 54.4 Å². The summed E-state index contributed by atoms with van der Waals surface area (Å²) in [7, 11) is 0. The van der Waals surface area contributed by atoms with Crippen LogP contribution in [0.3, 0.4) is 0 Å². The molecule has 10 aromatic carbocycles. The molecule has 0 spiro atoms. The highest BCUT2D eigenvalue weighted by atomic mass is 15.0. The normalized spacial score (nSPS) is 13.0. The molecule has 0 fully saturated rings. The van der Waals surface area contributed by atoms with Gasteiger partial charge in [-0.05, 0) is 91.7 Å². The smallest absolute Gasteiger partial charge is 0.0979 e. The minimum absolute atomic E-state index is 0.600. The van der Waals surface area contributed by atoms with Gasteiger partial charge >= 0.3 is 0 Å². The van der Waals surface area contributed by atoms with Crippen LogP contribution in [0.1, 0.15) is 22.3 Å². The average molecular weight is 788 g/mol. The maximum absolute atomic E-state index is 5.45.